The summed E-state index contributed by atoms with van der Waals surface area (Å²) in [5, 5.41) is 8.56. The molecule has 1 aliphatic heterocycles. The number of urea groups is 1. The van der Waals surface area contributed by atoms with Gasteiger partial charge in [-0.2, -0.15) is 0 Å². The van der Waals surface area contributed by atoms with Gasteiger partial charge in [0.15, 0.2) is 0 Å². The number of morpholine rings is 1. The second-order valence-electron chi connectivity index (χ2n) is 5.63. The zero-order valence-corrected chi connectivity index (χ0v) is 14.4. The lowest BCUT2D eigenvalue weighted by molar-refractivity contribution is -0.0167. The van der Waals surface area contributed by atoms with Crippen molar-refractivity contribution in [2.24, 2.45) is 0 Å². The van der Waals surface area contributed by atoms with Crippen molar-refractivity contribution in [2.45, 2.75) is 6.10 Å². The normalized spacial score (nSPS) is 18.0. The second kappa shape index (κ2) is 9.46. The first-order chi connectivity index (χ1) is 11.6. The number of amides is 3. The van der Waals surface area contributed by atoms with Crippen LogP contribution in [0.2, 0.25) is 5.02 Å². The third-order valence-electron chi connectivity index (χ3n) is 3.65. The van der Waals surface area contributed by atoms with Crippen molar-refractivity contribution in [1.29, 1.82) is 0 Å². The topological polar surface area (TPSA) is 82.7 Å². The van der Waals surface area contributed by atoms with Gasteiger partial charge in [0.1, 0.15) is 0 Å². The summed E-state index contributed by atoms with van der Waals surface area (Å²) >= 11 is 5.95. The molecule has 1 heterocycles. The average Bonchev–Trinajstić information content (AvgIpc) is 2.57. The summed E-state index contributed by atoms with van der Waals surface area (Å²) in [5.41, 5.74) is 0.419. The number of hydrogen-bond donors (Lipinski definition) is 3. The van der Waals surface area contributed by atoms with E-state index in [2.05, 4.69) is 20.9 Å². The number of nitrogens with zero attached hydrogens (tertiary/aromatic N) is 1. The molecule has 1 fully saturated rings. The molecule has 7 nitrogen and oxygen atoms in total. The van der Waals surface area contributed by atoms with Crippen LogP contribution in [0.15, 0.2) is 24.3 Å². The van der Waals surface area contributed by atoms with Gasteiger partial charge in [-0.15, -0.1) is 0 Å². The van der Waals surface area contributed by atoms with E-state index in [-0.39, 0.29) is 18.0 Å². The third-order valence-corrected chi connectivity index (χ3v) is 3.98. The average molecular weight is 355 g/mol. The van der Waals surface area contributed by atoms with Gasteiger partial charge >= 0.3 is 6.03 Å². The van der Waals surface area contributed by atoms with Gasteiger partial charge in [-0.1, -0.05) is 23.7 Å². The molecule has 0 unspecified atom stereocenters. The molecule has 2 rings (SSSR count). The monoisotopic (exact) mass is 354 g/mol. The molecule has 1 saturated heterocycles. The first-order valence-electron chi connectivity index (χ1n) is 7.91. The number of carbonyl (C=O) groups excluding carboxylic acids is 2. The molecule has 1 aromatic rings. The van der Waals surface area contributed by atoms with E-state index in [1.54, 1.807) is 24.3 Å². The second-order valence-corrected chi connectivity index (χ2v) is 6.03. The van der Waals surface area contributed by atoms with Gasteiger partial charge in [0.25, 0.3) is 5.91 Å². The maximum Gasteiger partial charge on any atom is 0.314 e. The minimum atomic E-state index is -0.279. The minimum Gasteiger partial charge on any atom is -0.374 e. The fraction of sp³-hybridized carbons (Fsp3) is 0.500. The number of carbonyl (C=O) groups is 2. The Labute approximate surface area is 146 Å². The molecule has 0 saturated carbocycles. The van der Waals surface area contributed by atoms with Crippen molar-refractivity contribution in [2.75, 3.05) is 46.4 Å². The van der Waals surface area contributed by atoms with E-state index in [1.807, 2.05) is 7.05 Å². The van der Waals surface area contributed by atoms with Gasteiger partial charge < -0.3 is 25.6 Å². The molecule has 3 N–H and O–H groups in total. The quantitative estimate of drug-likeness (QED) is 0.657. The molecule has 0 spiro atoms. The number of benzene rings is 1. The molecule has 0 aromatic heterocycles. The van der Waals surface area contributed by atoms with Crippen LogP contribution < -0.4 is 16.0 Å². The molecular weight excluding hydrogens is 332 g/mol. The lowest BCUT2D eigenvalue weighted by atomic mass is 10.2. The predicted molar refractivity (Wildman–Crippen MR) is 92.4 cm³/mol. The van der Waals surface area contributed by atoms with Crippen LogP contribution in [0.4, 0.5) is 4.79 Å². The maximum atomic E-state index is 11.9. The molecule has 132 valence electrons. The molecule has 1 aliphatic rings. The lowest BCUT2D eigenvalue weighted by Crippen LogP contribution is -2.48. The van der Waals surface area contributed by atoms with Crippen molar-refractivity contribution in [3.8, 4) is 0 Å². The summed E-state index contributed by atoms with van der Waals surface area (Å²) < 4.78 is 5.56. The summed E-state index contributed by atoms with van der Waals surface area (Å²) in [6, 6.07) is 6.54. The van der Waals surface area contributed by atoms with Crippen molar-refractivity contribution in [3.05, 3.63) is 34.9 Å². The minimum absolute atomic E-state index is 0.00873. The van der Waals surface area contributed by atoms with E-state index in [0.717, 1.165) is 13.1 Å². The third kappa shape index (κ3) is 5.99. The zero-order valence-electron chi connectivity index (χ0n) is 13.7. The van der Waals surface area contributed by atoms with Crippen LogP contribution in [0.5, 0.6) is 0 Å². The molecule has 0 bridgehead atoms. The Hall–Kier alpha value is -1.83. The molecule has 0 radical (unpaired) electrons. The van der Waals surface area contributed by atoms with Gasteiger partial charge in [-0.3, -0.25) is 4.79 Å². The lowest BCUT2D eigenvalue weighted by Gasteiger charge is -2.30. The number of nitrogens with one attached hydrogen (secondary N) is 3. The Balaban J connectivity index is 1.59. The van der Waals surface area contributed by atoms with Crippen LogP contribution in [0.25, 0.3) is 0 Å². The Kier molecular flexibility index (Phi) is 7.30. The van der Waals surface area contributed by atoms with Crippen LogP contribution in [0.1, 0.15) is 10.4 Å². The van der Waals surface area contributed by atoms with E-state index in [4.69, 9.17) is 16.3 Å². The highest BCUT2D eigenvalue weighted by Gasteiger charge is 2.18. The molecule has 1 atom stereocenters. The molecule has 8 heteroatoms. The largest absolute Gasteiger partial charge is 0.374 e. The molecule has 3 amide bonds. The summed E-state index contributed by atoms with van der Waals surface area (Å²) in [6.45, 7) is 3.50. The van der Waals surface area contributed by atoms with Crippen molar-refractivity contribution >= 4 is 23.5 Å². The molecule has 1 aromatic carbocycles. The van der Waals surface area contributed by atoms with E-state index in [1.165, 1.54) is 0 Å². The van der Waals surface area contributed by atoms with Gasteiger partial charge in [0, 0.05) is 32.7 Å². The van der Waals surface area contributed by atoms with E-state index in [9.17, 15) is 9.59 Å². The van der Waals surface area contributed by atoms with Crippen molar-refractivity contribution < 1.29 is 14.3 Å². The van der Waals surface area contributed by atoms with Crippen LogP contribution >= 0.6 is 11.6 Å². The van der Waals surface area contributed by atoms with Crippen LogP contribution in [-0.4, -0.2) is 69.3 Å². The predicted octanol–water partition coefficient (Wildman–Crippen LogP) is 0.700. The van der Waals surface area contributed by atoms with E-state index >= 15 is 0 Å². The summed E-state index contributed by atoms with van der Waals surface area (Å²) in [4.78, 5) is 25.8. The Morgan fingerprint density at radius 1 is 1.25 bits per heavy atom. The number of hydrogen-bond acceptors (Lipinski definition) is 4. The number of ether oxygens (including phenoxy) is 1. The highest BCUT2D eigenvalue weighted by molar-refractivity contribution is 6.33. The molecule has 24 heavy (non-hydrogen) atoms. The fourth-order valence-corrected chi connectivity index (χ4v) is 2.57. The zero-order chi connectivity index (χ0) is 17.4. The molecular formula is C16H23ClN4O3. The highest BCUT2D eigenvalue weighted by Crippen LogP contribution is 2.14. The maximum absolute atomic E-state index is 11.9. The van der Waals surface area contributed by atoms with Gasteiger partial charge in [0.05, 0.1) is 23.3 Å². The van der Waals surface area contributed by atoms with Gasteiger partial charge in [-0.25, -0.2) is 4.79 Å². The highest BCUT2D eigenvalue weighted by atomic mass is 35.5. The van der Waals surface area contributed by atoms with Gasteiger partial charge in [-0.05, 0) is 19.2 Å². The van der Waals surface area contributed by atoms with Gasteiger partial charge in [0.2, 0.25) is 0 Å². The SMILES string of the molecule is CN1CCO[C@H](CNC(=O)NCCNC(=O)c2ccccc2Cl)C1. The van der Waals surface area contributed by atoms with E-state index < -0.39 is 0 Å². The van der Waals surface area contributed by atoms with Crippen molar-refractivity contribution in [1.82, 2.24) is 20.9 Å². The summed E-state index contributed by atoms with van der Waals surface area (Å²) in [7, 11) is 2.03. The van der Waals surface area contributed by atoms with E-state index in [0.29, 0.717) is 36.8 Å². The molecule has 0 aliphatic carbocycles. The van der Waals surface area contributed by atoms with Crippen LogP contribution in [-0.2, 0) is 4.74 Å². The number of likely N-dealkylation sites (N-methyl/N-ethyl adjacent to an activating group) is 1. The first-order valence-corrected chi connectivity index (χ1v) is 8.28. The van der Waals surface area contributed by atoms with Crippen LogP contribution in [0.3, 0.4) is 0 Å². The van der Waals surface area contributed by atoms with Crippen LogP contribution in [0, 0.1) is 0 Å². The Morgan fingerprint density at radius 2 is 2.00 bits per heavy atom. The summed E-state index contributed by atoms with van der Waals surface area (Å²) in [5.74, 6) is -0.263. The standard InChI is InChI=1S/C16H23ClN4O3/c1-21-8-9-24-12(11-21)10-20-16(23)19-7-6-18-15(22)13-4-2-3-5-14(13)17/h2-5,12H,6-11H2,1H3,(H,18,22)(H2,19,20,23)/t12-/m1/s1. The summed E-state index contributed by atoms with van der Waals surface area (Å²) in [6.07, 6.45) is 0.00873. The number of halogens is 1. The Bertz CT molecular complexity index is 570. The fourth-order valence-electron chi connectivity index (χ4n) is 2.35. The smallest absolute Gasteiger partial charge is 0.314 e. The number of rotatable bonds is 6. The Morgan fingerprint density at radius 3 is 2.75 bits per heavy atom. The van der Waals surface area contributed by atoms with Crippen molar-refractivity contribution in [3.63, 3.8) is 0 Å². The first kappa shape index (κ1) is 18.5.